The summed E-state index contributed by atoms with van der Waals surface area (Å²) in [6, 6.07) is 0. The highest BCUT2D eigenvalue weighted by Gasteiger charge is 2.85. The summed E-state index contributed by atoms with van der Waals surface area (Å²) in [6.07, 6.45) is 3.24. The van der Waals surface area contributed by atoms with E-state index in [0.29, 0.717) is 0 Å². The maximum atomic E-state index is 2.53. The van der Waals surface area contributed by atoms with E-state index < -0.39 is 0 Å². The third kappa shape index (κ3) is 0.543. The number of rotatable bonds is 1. The highest BCUT2D eigenvalue weighted by Crippen LogP contribution is 2.90. The lowest BCUT2D eigenvalue weighted by molar-refractivity contribution is -0.0336. The van der Waals surface area contributed by atoms with Crippen LogP contribution in [0.3, 0.4) is 0 Å². The van der Waals surface area contributed by atoms with Crippen LogP contribution in [0.25, 0.3) is 0 Å². The fraction of sp³-hybridized carbons (Fsp3) is 1.00. The second-order valence-corrected chi connectivity index (χ2v) is 6.62. The molecule has 5 aliphatic rings. The minimum absolute atomic E-state index is 0.957. The van der Waals surface area contributed by atoms with Gasteiger partial charge in [0.25, 0.3) is 0 Å². The summed E-state index contributed by atoms with van der Waals surface area (Å²) in [5, 5.41) is 0. The van der Waals surface area contributed by atoms with E-state index in [1.54, 1.807) is 12.8 Å². The van der Waals surface area contributed by atoms with Gasteiger partial charge in [0.15, 0.2) is 0 Å². The summed E-state index contributed by atoms with van der Waals surface area (Å²) in [7, 11) is 0. The first kappa shape index (κ1) is 7.31. The van der Waals surface area contributed by atoms with Gasteiger partial charge < -0.3 is 0 Å². The van der Waals surface area contributed by atoms with Crippen molar-refractivity contribution in [1.29, 1.82) is 0 Å². The van der Waals surface area contributed by atoms with Crippen LogP contribution in [0.5, 0.6) is 0 Å². The van der Waals surface area contributed by atoms with Gasteiger partial charge in [0, 0.05) is 0 Å². The molecule has 5 fully saturated rings. The number of hydrogen-bond acceptors (Lipinski definition) is 0. The molecule has 0 aromatic carbocycles. The molecule has 0 aromatic heterocycles. The Kier molecular flexibility index (Phi) is 0.971. The summed E-state index contributed by atoms with van der Waals surface area (Å²) in [6.45, 7) is 7.43. The van der Waals surface area contributed by atoms with Crippen LogP contribution in [-0.4, -0.2) is 0 Å². The van der Waals surface area contributed by atoms with E-state index >= 15 is 0 Å². The molecule has 0 heterocycles. The van der Waals surface area contributed by atoms with E-state index in [-0.39, 0.29) is 0 Å². The molecule has 0 nitrogen and oxygen atoms in total. The van der Waals surface area contributed by atoms with Crippen LogP contribution in [0.15, 0.2) is 0 Å². The lowest BCUT2D eigenvalue weighted by Crippen LogP contribution is -2.46. The Balaban J connectivity index is 1.70. The van der Waals surface area contributed by atoms with Gasteiger partial charge >= 0.3 is 0 Å². The van der Waals surface area contributed by atoms with Gasteiger partial charge in [0.2, 0.25) is 0 Å². The molecule has 2 bridgehead atoms. The first-order valence-electron chi connectivity index (χ1n) is 6.18. The molecule has 0 amide bonds. The van der Waals surface area contributed by atoms with E-state index in [4.69, 9.17) is 0 Å². The van der Waals surface area contributed by atoms with Crippen LogP contribution >= 0.6 is 0 Å². The summed E-state index contributed by atoms with van der Waals surface area (Å²) < 4.78 is 0. The van der Waals surface area contributed by atoms with Crippen molar-refractivity contribution in [3.63, 3.8) is 0 Å². The Hall–Kier alpha value is 0. The Bertz CT molecular complexity index is 280. The highest BCUT2D eigenvalue weighted by molar-refractivity contribution is 5.33. The summed E-state index contributed by atoms with van der Waals surface area (Å²) in [4.78, 5) is 0. The third-order valence-corrected chi connectivity index (χ3v) is 6.28. The van der Waals surface area contributed by atoms with Crippen LogP contribution < -0.4 is 0 Å². The molecule has 0 N–H and O–H groups in total. The monoisotopic (exact) mass is 176 g/mol. The first-order valence-corrected chi connectivity index (χ1v) is 6.18. The molecule has 7 atom stereocenters. The van der Waals surface area contributed by atoms with Gasteiger partial charge in [0.1, 0.15) is 0 Å². The fourth-order valence-electron chi connectivity index (χ4n) is 5.80. The molecule has 0 radical (unpaired) electrons. The zero-order chi connectivity index (χ0) is 8.96. The maximum Gasteiger partial charge on any atom is -0.0201 e. The molecule has 5 saturated carbocycles. The van der Waals surface area contributed by atoms with Gasteiger partial charge in [0.05, 0.1) is 0 Å². The zero-order valence-corrected chi connectivity index (χ0v) is 8.96. The quantitative estimate of drug-likeness (QED) is 0.575. The van der Waals surface area contributed by atoms with Gasteiger partial charge in [-0.05, 0) is 59.7 Å². The Morgan fingerprint density at radius 3 is 2.62 bits per heavy atom. The van der Waals surface area contributed by atoms with Gasteiger partial charge in [-0.2, -0.15) is 0 Å². The third-order valence-electron chi connectivity index (χ3n) is 6.28. The van der Waals surface area contributed by atoms with Crippen LogP contribution in [0.2, 0.25) is 0 Å². The Labute approximate surface area is 81.1 Å². The van der Waals surface area contributed by atoms with Crippen molar-refractivity contribution in [3.8, 4) is 0 Å². The fourth-order valence-corrected chi connectivity index (χ4v) is 5.80. The molecular weight excluding hydrogens is 156 g/mol. The smallest absolute Gasteiger partial charge is 0.0201 e. The molecule has 0 aliphatic heterocycles. The summed E-state index contributed by atoms with van der Waals surface area (Å²) in [5.41, 5.74) is 0.957. The predicted molar refractivity (Wildman–Crippen MR) is 53.1 cm³/mol. The lowest BCUT2D eigenvalue weighted by atomic mass is 9.53. The average Bonchev–Trinajstić information content (AvgIpc) is 2.82. The van der Waals surface area contributed by atoms with Crippen molar-refractivity contribution in [2.45, 2.75) is 33.6 Å². The number of hydrogen-bond donors (Lipinski definition) is 0. The van der Waals surface area contributed by atoms with Crippen LogP contribution in [0.4, 0.5) is 0 Å². The van der Waals surface area contributed by atoms with E-state index in [0.717, 1.165) is 23.2 Å². The zero-order valence-electron chi connectivity index (χ0n) is 8.96. The van der Waals surface area contributed by atoms with Crippen LogP contribution in [0.1, 0.15) is 33.6 Å². The first-order chi connectivity index (χ1) is 6.18. The largest absolute Gasteiger partial charge is 0.0625 e. The van der Waals surface area contributed by atoms with Crippen LogP contribution in [-0.2, 0) is 0 Å². The lowest BCUT2D eigenvalue weighted by Gasteiger charge is -2.51. The molecule has 5 aliphatic carbocycles. The van der Waals surface area contributed by atoms with Crippen molar-refractivity contribution in [2.24, 2.45) is 46.8 Å². The van der Waals surface area contributed by atoms with Gasteiger partial charge in [-0.1, -0.05) is 20.8 Å². The molecule has 13 heavy (non-hydrogen) atoms. The van der Waals surface area contributed by atoms with E-state index in [1.165, 1.54) is 23.7 Å². The Morgan fingerprint density at radius 2 is 2.00 bits per heavy atom. The minimum atomic E-state index is 0.957. The van der Waals surface area contributed by atoms with Crippen molar-refractivity contribution >= 4 is 0 Å². The predicted octanol–water partition coefficient (Wildman–Crippen LogP) is 3.18. The van der Waals surface area contributed by atoms with Crippen LogP contribution in [0, 0.1) is 46.8 Å². The summed E-state index contributed by atoms with van der Waals surface area (Å²) >= 11 is 0. The van der Waals surface area contributed by atoms with Gasteiger partial charge in [-0.15, -0.1) is 0 Å². The minimum Gasteiger partial charge on any atom is -0.0625 e. The Morgan fingerprint density at radius 1 is 1.23 bits per heavy atom. The molecule has 1 spiro atoms. The van der Waals surface area contributed by atoms with E-state index in [9.17, 15) is 0 Å². The molecule has 72 valence electrons. The highest BCUT2D eigenvalue weighted by atomic mass is 14.9. The second kappa shape index (κ2) is 1.73. The van der Waals surface area contributed by atoms with Crippen molar-refractivity contribution in [2.75, 3.05) is 0 Å². The van der Waals surface area contributed by atoms with Gasteiger partial charge in [-0.3, -0.25) is 0 Å². The van der Waals surface area contributed by atoms with Crippen molar-refractivity contribution in [1.82, 2.24) is 0 Å². The SMILES string of the molecule is CC(C)C1C2CC1C1[C@@H](C)C13CC23. The van der Waals surface area contributed by atoms with Gasteiger partial charge in [-0.25, -0.2) is 0 Å². The van der Waals surface area contributed by atoms with Crippen molar-refractivity contribution < 1.29 is 0 Å². The molecule has 0 heteroatoms. The standard InChI is InChI=1S/C13H20/c1-6(2)11-8-4-9(11)12-7(3)13(12)5-10(8)13/h6-12H,4-5H2,1-3H3/t7-,8?,9?,10?,11?,12?,13?/m1/s1. The molecule has 0 aromatic rings. The molecule has 5 rings (SSSR count). The molecular formula is C13H20. The average molecular weight is 176 g/mol. The second-order valence-electron chi connectivity index (χ2n) is 6.62. The molecule has 6 unspecified atom stereocenters. The molecule has 0 saturated heterocycles. The topological polar surface area (TPSA) is 0 Å². The maximum absolute atomic E-state index is 2.53. The normalized spacial score (nSPS) is 71.1. The summed E-state index contributed by atoms with van der Waals surface area (Å²) in [5.74, 6) is 7.95. The van der Waals surface area contributed by atoms with Crippen molar-refractivity contribution in [3.05, 3.63) is 0 Å². The van der Waals surface area contributed by atoms with E-state index in [1.807, 2.05) is 0 Å². The van der Waals surface area contributed by atoms with E-state index in [2.05, 4.69) is 20.8 Å².